The van der Waals surface area contributed by atoms with Crippen LogP contribution < -0.4 is 0 Å². The largest absolute Gasteiger partial charge is 0.498 e. The van der Waals surface area contributed by atoms with Crippen LogP contribution in [0, 0.1) is 38.3 Å². The Morgan fingerprint density at radius 2 is 1.38 bits per heavy atom. The van der Waals surface area contributed by atoms with Gasteiger partial charge in [-0.3, -0.25) is 0 Å². The molecular formula is C57H57IrN3OS-2. The van der Waals surface area contributed by atoms with Crippen molar-refractivity contribution in [1.29, 1.82) is 0 Å². The van der Waals surface area contributed by atoms with E-state index in [1.165, 1.54) is 50.1 Å². The molecule has 0 saturated heterocycles. The first-order valence-corrected chi connectivity index (χ1v) is 22.4. The standard InChI is InChI=1S/C34H33N2OS.C23H24N.Ir/c1-19-11-9-12-20(2)28(19)24-17-26(35-18-25(24)33(3,4)5)23-14-10-13-21-22-15-16-27-29(31(22)37-30(21)23)36-32(38-27)34(6,7)8;1-17-5-9-20(10-6-17)22-15-21(13-14-24-22)19-11-7-18(8-12-19)16-23(2,3)4;/h9-13,15-18H,1-8H3;5-9,11-15H,16H2,1-4H3;/q2*-1;. The SMILES string of the molecule is Cc1c[c-]c(-c2cc(-c3ccc(CC(C)(C)C)cc3)ccn2)cc1.Cc1cccc(C)c1-c1cc(-c2[c-]ccc3c2oc2c3ccc3sc(C(C)(C)C)nc32)ncc1C(C)(C)C.[Ir]. The van der Waals surface area contributed by atoms with Crippen LogP contribution in [0.4, 0.5) is 0 Å². The topological polar surface area (TPSA) is 51.8 Å². The Labute approximate surface area is 391 Å². The van der Waals surface area contributed by atoms with Gasteiger partial charge in [-0.2, -0.15) is 0 Å². The van der Waals surface area contributed by atoms with Gasteiger partial charge < -0.3 is 14.4 Å². The van der Waals surface area contributed by atoms with E-state index >= 15 is 0 Å². The first-order valence-electron chi connectivity index (χ1n) is 21.6. The molecule has 0 unspecified atom stereocenters. The van der Waals surface area contributed by atoms with E-state index < -0.39 is 0 Å². The van der Waals surface area contributed by atoms with Crippen molar-refractivity contribution in [3.05, 3.63) is 160 Å². The van der Waals surface area contributed by atoms with Crippen LogP contribution in [0.15, 0.2) is 120 Å². The van der Waals surface area contributed by atoms with Crippen LogP contribution in [0.3, 0.4) is 0 Å². The smallest absolute Gasteiger partial charge is 0.148 e. The number of benzene rings is 5. The van der Waals surface area contributed by atoms with E-state index in [0.29, 0.717) is 5.41 Å². The monoisotopic (exact) mass is 1020 g/mol. The minimum atomic E-state index is -0.0499. The van der Waals surface area contributed by atoms with Gasteiger partial charge in [0, 0.05) is 43.3 Å². The summed E-state index contributed by atoms with van der Waals surface area (Å²) in [6, 6.07) is 43.2. The molecule has 0 aliphatic rings. The Balaban J connectivity index is 0.000000206. The van der Waals surface area contributed by atoms with Crippen molar-refractivity contribution < 1.29 is 24.5 Å². The molecule has 323 valence electrons. The molecule has 9 rings (SSSR count). The van der Waals surface area contributed by atoms with Gasteiger partial charge in [-0.25, -0.2) is 4.98 Å². The summed E-state index contributed by atoms with van der Waals surface area (Å²) in [6.45, 7) is 26.6. The molecule has 6 heteroatoms. The maximum absolute atomic E-state index is 6.64. The maximum Gasteiger partial charge on any atom is 0.148 e. The fourth-order valence-electron chi connectivity index (χ4n) is 8.18. The summed E-state index contributed by atoms with van der Waals surface area (Å²) in [7, 11) is 0. The number of aromatic nitrogens is 3. The molecule has 0 aliphatic carbocycles. The molecule has 0 spiro atoms. The minimum Gasteiger partial charge on any atom is -0.498 e. The fraction of sp³-hybridized carbons (Fsp3) is 0.281. The number of hydrogen-bond acceptors (Lipinski definition) is 5. The number of thiazole rings is 1. The molecule has 0 fully saturated rings. The second-order valence-corrected chi connectivity index (χ2v) is 21.1. The van der Waals surface area contributed by atoms with Crippen LogP contribution in [0.25, 0.3) is 76.9 Å². The summed E-state index contributed by atoms with van der Waals surface area (Å²) in [6.07, 6.45) is 5.01. The van der Waals surface area contributed by atoms with Crippen LogP contribution in [0.1, 0.15) is 95.1 Å². The third kappa shape index (κ3) is 9.80. The van der Waals surface area contributed by atoms with Gasteiger partial charge in [0.1, 0.15) is 11.1 Å². The van der Waals surface area contributed by atoms with Gasteiger partial charge >= 0.3 is 0 Å². The van der Waals surface area contributed by atoms with Crippen molar-refractivity contribution in [2.75, 3.05) is 0 Å². The van der Waals surface area contributed by atoms with Crippen LogP contribution in [0.5, 0.6) is 0 Å². The maximum atomic E-state index is 6.64. The molecule has 0 N–H and O–H groups in total. The first kappa shape index (κ1) is 45.8. The normalized spacial score (nSPS) is 12.1. The third-order valence-corrected chi connectivity index (χ3v) is 12.8. The average molecular weight is 1020 g/mol. The van der Waals surface area contributed by atoms with Gasteiger partial charge in [0.2, 0.25) is 0 Å². The van der Waals surface area contributed by atoms with E-state index in [0.717, 1.165) is 66.1 Å². The number of furan rings is 1. The van der Waals surface area contributed by atoms with Gasteiger partial charge in [-0.15, -0.1) is 64.9 Å². The number of aryl methyl sites for hydroxylation is 3. The number of pyridine rings is 2. The van der Waals surface area contributed by atoms with E-state index in [4.69, 9.17) is 14.4 Å². The second-order valence-electron chi connectivity index (χ2n) is 20.0. The van der Waals surface area contributed by atoms with E-state index in [1.807, 2.05) is 24.5 Å². The van der Waals surface area contributed by atoms with Gasteiger partial charge in [0.25, 0.3) is 0 Å². The van der Waals surface area contributed by atoms with Crippen LogP contribution in [0.2, 0.25) is 0 Å². The molecule has 4 heterocycles. The van der Waals surface area contributed by atoms with Gasteiger partial charge in [-0.05, 0) is 99.1 Å². The molecule has 0 amide bonds. The summed E-state index contributed by atoms with van der Waals surface area (Å²) >= 11 is 1.74. The van der Waals surface area contributed by atoms with Crippen molar-refractivity contribution in [3.63, 3.8) is 0 Å². The predicted octanol–water partition coefficient (Wildman–Crippen LogP) is 16.0. The molecular weight excluding hydrogens is 967 g/mol. The van der Waals surface area contributed by atoms with E-state index in [2.05, 4.69) is 191 Å². The van der Waals surface area contributed by atoms with Gasteiger partial charge in [0.05, 0.1) is 15.3 Å². The molecule has 9 aromatic rings. The van der Waals surface area contributed by atoms with Crippen molar-refractivity contribution >= 4 is 43.5 Å². The number of hydrogen-bond donors (Lipinski definition) is 0. The molecule has 4 aromatic heterocycles. The zero-order chi connectivity index (χ0) is 44.1. The molecule has 0 atom stereocenters. The van der Waals surface area contributed by atoms with E-state index in [1.54, 1.807) is 11.3 Å². The van der Waals surface area contributed by atoms with Gasteiger partial charge in [0.15, 0.2) is 0 Å². The van der Waals surface area contributed by atoms with Crippen LogP contribution >= 0.6 is 11.3 Å². The molecule has 0 saturated carbocycles. The van der Waals surface area contributed by atoms with Crippen molar-refractivity contribution in [2.24, 2.45) is 5.41 Å². The Morgan fingerprint density at radius 3 is 2.03 bits per heavy atom. The number of fused-ring (bicyclic) bond motifs is 5. The molecule has 1 radical (unpaired) electrons. The number of nitrogens with zero attached hydrogens (tertiary/aromatic N) is 3. The van der Waals surface area contributed by atoms with Crippen LogP contribution in [-0.4, -0.2) is 15.0 Å². The number of rotatable bonds is 5. The summed E-state index contributed by atoms with van der Waals surface area (Å²) in [5, 5.41) is 3.26. The minimum absolute atomic E-state index is 0. The molecule has 0 aliphatic heterocycles. The molecule has 5 aromatic carbocycles. The quantitative estimate of drug-likeness (QED) is 0.161. The summed E-state index contributed by atoms with van der Waals surface area (Å²) in [4.78, 5) is 14.5. The van der Waals surface area contributed by atoms with E-state index in [-0.39, 0.29) is 30.9 Å². The molecule has 4 nitrogen and oxygen atoms in total. The predicted molar refractivity (Wildman–Crippen MR) is 263 cm³/mol. The van der Waals surface area contributed by atoms with Gasteiger partial charge in [-0.1, -0.05) is 141 Å². The Bertz CT molecular complexity index is 3040. The second kappa shape index (κ2) is 17.7. The summed E-state index contributed by atoms with van der Waals surface area (Å²) in [5.74, 6) is 0. The average Bonchev–Trinajstić information content (AvgIpc) is 3.84. The first-order chi connectivity index (χ1) is 29.3. The Morgan fingerprint density at radius 1 is 0.667 bits per heavy atom. The Kier molecular flexibility index (Phi) is 12.9. The van der Waals surface area contributed by atoms with Crippen molar-refractivity contribution in [2.45, 2.75) is 100 Å². The zero-order valence-corrected chi connectivity index (χ0v) is 41.9. The summed E-state index contributed by atoms with van der Waals surface area (Å²) in [5.41, 5.74) is 17.8. The van der Waals surface area contributed by atoms with E-state index in [9.17, 15) is 0 Å². The molecule has 63 heavy (non-hydrogen) atoms. The fourth-order valence-corrected chi connectivity index (χ4v) is 9.21. The van der Waals surface area contributed by atoms with Crippen molar-refractivity contribution in [3.8, 4) is 44.8 Å². The Hall–Kier alpha value is -5.26. The van der Waals surface area contributed by atoms with Crippen LogP contribution in [-0.2, 0) is 37.4 Å². The zero-order valence-electron chi connectivity index (χ0n) is 38.7. The molecule has 0 bridgehead atoms. The third-order valence-electron chi connectivity index (χ3n) is 11.3. The summed E-state index contributed by atoms with van der Waals surface area (Å²) < 4.78 is 7.79. The van der Waals surface area contributed by atoms with Crippen molar-refractivity contribution in [1.82, 2.24) is 15.0 Å².